The highest BCUT2D eigenvalue weighted by atomic mass is 19.1. The van der Waals surface area contributed by atoms with Crippen LogP contribution in [0.15, 0.2) is 23.8 Å². The van der Waals surface area contributed by atoms with Crippen molar-refractivity contribution in [1.82, 2.24) is 0 Å². The van der Waals surface area contributed by atoms with E-state index < -0.39 is 6.17 Å². The fourth-order valence-electron chi connectivity index (χ4n) is 7.52. The minimum Gasteiger partial charge on any atom is -0.364 e. The van der Waals surface area contributed by atoms with E-state index in [9.17, 15) is 4.39 Å². The van der Waals surface area contributed by atoms with Crippen LogP contribution in [0.2, 0.25) is 0 Å². The Morgan fingerprint density at radius 1 is 1.22 bits per heavy atom. The summed E-state index contributed by atoms with van der Waals surface area (Å²) >= 11 is 0. The van der Waals surface area contributed by atoms with Gasteiger partial charge in [0, 0.05) is 5.41 Å². The van der Waals surface area contributed by atoms with E-state index in [1.54, 1.807) is 6.08 Å². The number of hydrogen-bond donors (Lipinski definition) is 0. The molecule has 1 nitrogen and oxygen atoms in total. The average Bonchev–Trinajstić information content (AvgIpc) is 3.13. The van der Waals surface area contributed by atoms with Crippen molar-refractivity contribution in [3.63, 3.8) is 0 Å². The summed E-state index contributed by atoms with van der Waals surface area (Å²) in [7, 11) is 0. The topological polar surface area (TPSA) is 12.5 Å². The van der Waals surface area contributed by atoms with Crippen LogP contribution in [0.4, 0.5) is 4.39 Å². The molecule has 0 aromatic rings. The van der Waals surface area contributed by atoms with Crippen LogP contribution in [0.25, 0.3) is 0 Å². The van der Waals surface area contributed by atoms with Gasteiger partial charge in [0.25, 0.3) is 0 Å². The molecule has 4 fully saturated rings. The van der Waals surface area contributed by atoms with Gasteiger partial charge in [-0.1, -0.05) is 31.9 Å². The molecule has 1 heterocycles. The number of epoxide rings is 1. The number of alkyl halides is 1. The molecule has 1 spiro atoms. The normalized spacial score (nSPS) is 59.5. The van der Waals surface area contributed by atoms with Gasteiger partial charge in [-0.25, -0.2) is 4.39 Å². The molecular formula is C21H29FO. The van der Waals surface area contributed by atoms with Gasteiger partial charge in [-0.05, 0) is 74.3 Å². The zero-order chi connectivity index (χ0) is 16.0. The van der Waals surface area contributed by atoms with E-state index in [0.29, 0.717) is 17.4 Å². The van der Waals surface area contributed by atoms with Crippen LogP contribution in [0.3, 0.4) is 0 Å². The molecule has 126 valence electrons. The van der Waals surface area contributed by atoms with Crippen LogP contribution >= 0.6 is 0 Å². The van der Waals surface area contributed by atoms with Gasteiger partial charge < -0.3 is 4.74 Å². The molecule has 0 aromatic carbocycles. The van der Waals surface area contributed by atoms with Crippen LogP contribution in [-0.2, 0) is 4.74 Å². The van der Waals surface area contributed by atoms with Gasteiger partial charge in [0.1, 0.15) is 11.8 Å². The maximum Gasteiger partial charge on any atom is 0.137 e. The lowest BCUT2D eigenvalue weighted by Gasteiger charge is -2.55. The van der Waals surface area contributed by atoms with Crippen LogP contribution < -0.4 is 0 Å². The summed E-state index contributed by atoms with van der Waals surface area (Å²) < 4.78 is 20.4. The Labute approximate surface area is 139 Å². The first-order valence-corrected chi connectivity index (χ1v) is 9.68. The maximum absolute atomic E-state index is 13.9. The lowest BCUT2D eigenvalue weighted by atomic mass is 9.47. The van der Waals surface area contributed by atoms with E-state index in [1.807, 2.05) is 6.08 Å². The minimum atomic E-state index is -0.895. The highest BCUT2D eigenvalue weighted by Crippen LogP contribution is 2.75. The average molecular weight is 316 g/mol. The predicted octanol–water partition coefficient (Wildman–Crippen LogP) is 5.22. The molecule has 2 heteroatoms. The summed E-state index contributed by atoms with van der Waals surface area (Å²) in [6.07, 6.45) is 12.9. The van der Waals surface area contributed by atoms with E-state index in [4.69, 9.17) is 4.74 Å². The zero-order valence-electron chi connectivity index (χ0n) is 14.6. The van der Waals surface area contributed by atoms with E-state index in [2.05, 4.69) is 26.8 Å². The van der Waals surface area contributed by atoms with Crippen molar-refractivity contribution in [2.24, 2.45) is 28.6 Å². The Balaban J connectivity index is 1.57. The monoisotopic (exact) mass is 316 g/mol. The van der Waals surface area contributed by atoms with Crippen molar-refractivity contribution in [1.29, 1.82) is 0 Å². The first-order valence-electron chi connectivity index (χ1n) is 9.68. The van der Waals surface area contributed by atoms with Crippen LogP contribution in [-0.4, -0.2) is 17.9 Å². The quantitative estimate of drug-likeness (QED) is 0.477. The SMILES string of the molecule is CC[C@H]1CC[C@H]2[C@@H]3CCC4=CC(F)C=C[C@]4(C)[C@@]34O[C@H]4C[C@]12C. The molecule has 0 aromatic heterocycles. The number of ether oxygens (including phenoxy) is 1. The largest absolute Gasteiger partial charge is 0.364 e. The lowest BCUT2D eigenvalue weighted by molar-refractivity contribution is -0.0119. The van der Waals surface area contributed by atoms with Crippen molar-refractivity contribution in [2.45, 2.75) is 77.2 Å². The smallest absolute Gasteiger partial charge is 0.137 e. The van der Waals surface area contributed by atoms with Gasteiger partial charge in [0.15, 0.2) is 0 Å². The van der Waals surface area contributed by atoms with E-state index in [-0.39, 0.29) is 11.0 Å². The molecule has 4 aliphatic carbocycles. The fraction of sp³-hybridized carbons (Fsp3) is 0.810. The summed E-state index contributed by atoms with van der Waals surface area (Å²) in [6.45, 7) is 7.23. The van der Waals surface area contributed by atoms with E-state index >= 15 is 0 Å². The molecular weight excluding hydrogens is 287 g/mol. The fourth-order valence-corrected chi connectivity index (χ4v) is 7.52. The summed E-state index contributed by atoms with van der Waals surface area (Å²) in [5.74, 6) is 2.35. The maximum atomic E-state index is 13.9. The van der Waals surface area contributed by atoms with Crippen LogP contribution in [0.1, 0.15) is 59.3 Å². The lowest BCUT2D eigenvalue weighted by Crippen LogP contribution is -2.56. The van der Waals surface area contributed by atoms with E-state index in [0.717, 1.165) is 18.3 Å². The number of fused-ring (bicyclic) bond motifs is 3. The Morgan fingerprint density at radius 3 is 2.83 bits per heavy atom. The second-order valence-corrected chi connectivity index (χ2v) is 9.24. The third-order valence-electron chi connectivity index (χ3n) is 8.70. The third-order valence-corrected chi connectivity index (χ3v) is 8.70. The summed E-state index contributed by atoms with van der Waals surface area (Å²) in [5, 5.41) is 0. The molecule has 5 aliphatic rings. The number of hydrogen-bond acceptors (Lipinski definition) is 1. The van der Waals surface area contributed by atoms with Crippen molar-refractivity contribution >= 4 is 0 Å². The first-order chi connectivity index (χ1) is 11.0. The van der Waals surface area contributed by atoms with Gasteiger partial charge in [-0.15, -0.1) is 0 Å². The minimum absolute atomic E-state index is 0.0134. The van der Waals surface area contributed by atoms with Crippen LogP contribution in [0, 0.1) is 28.6 Å². The molecule has 8 atom stereocenters. The Hall–Kier alpha value is -0.630. The summed E-state index contributed by atoms with van der Waals surface area (Å²) in [5.41, 5.74) is 1.71. The van der Waals surface area contributed by atoms with Crippen molar-refractivity contribution in [3.8, 4) is 0 Å². The third kappa shape index (κ3) is 1.53. The molecule has 3 saturated carbocycles. The van der Waals surface area contributed by atoms with Gasteiger partial charge in [-0.2, -0.15) is 0 Å². The first kappa shape index (κ1) is 14.7. The van der Waals surface area contributed by atoms with Crippen molar-refractivity contribution < 1.29 is 9.13 Å². The van der Waals surface area contributed by atoms with Gasteiger partial charge in [-0.3, -0.25) is 0 Å². The molecule has 1 unspecified atom stereocenters. The van der Waals surface area contributed by atoms with Crippen molar-refractivity contribution in [3.05, 3.63) is 23.8 Å². The second-order valence-electron chi connectivity index (χ2n) is 9.24. The molecule has 0 radical (unpaired) electrons. The molecule has 1 saturated heterocycles. The second kappa shape index (κ2) is 4.31. The van der Waals surface area contributed by atoms with Gasteiger partial charge in [0.05, 0.1) is 6.10 Å². The highest BCUT2D eigenvalue weighted by molar-refractivity contribution is 5.42. The number of allylic oxidation sites excluding steroid dienone is 2. The zero-order valence-corrected chi connectivity index (χ0v) is 14.6. The predicted molar refractivity (Wildman–Crippen MR) is 89.8 cm³/mol. The molecule has 0 amide bonds. The molecule has 23 heavy (non-hydrogen) atoms. The highest BCUT2D eigenvalue weighted by Gasteiger charge is 2.78. The molecule has 1 aliphatic heterocycles. The summed E-state index contributed by atoms with van der Waals surface area (Å²) in [4.78, 5) is 0. The van der Waals surface area contributed by atoms with E-state index in [1.165, 1.54) is 37.7 Å². The summed E-state index contributed by atoms with van der Waals surface area (Å²) in [6, 6.07) is 0. The molecule has 0 bridgehead atoms. The molecule has 0 N–H and O–H groups in total. The van der Waals surface area contributed by atoms with Gasteiger partial charge >= 0.3 is 0 Å². The number of rotatable bonds is 1. The Morgan fingerprint density at radius 2 is 2.04 bits per heavy atom. The Kier molecular flexibility index (Phi) is 2.75. The Bertz CT molecular complexity index is 609. The van der Waals surface area contributed by atoms with Crippen LogP contribution in [0.5, 0.6) is 0 Å². The molecule has 5 rings (SSSR count). The van der Waals surface area contributed by atoms with Gasteiger partial charge in [0.2, 0.25) is 0 Å². The standard InChI is InChI=1S/C21H29FO/c1-4-13-5-7-16-17-8-6-14-11-15(22)9-10-20(14,3)21(17)18(23-21)12-19(13,16)2/h9-11,13,15-18H,4-8,12H2,1-3H3/t13-,15?,16-,17-,18-,19+,20-,21+/m0/s1. The number of halogens is 1. The van der Waals surface area contributed by atoms with Crippen molar-refractivity contribution in [2.75, 3.05) is 0 Å².